The molecule has 0 bridgehead atoms. The fraction of sp³-hybridized carbons (Fsp3) is 0.462. The molecule has 0 aromatic heterocycles. The zero-order chi connectivity index (χ0) is 14.8. The van der Waals surface area contributed by atoms with Crippen molar-refractivity contribution in [3.05, 3.63) is 39.9 Å². The fourth-order valence-electron chi connectivity index (χ4n) is 1.24. The SMILES string of the molecule is CC(C)(O)C(C)(C)NC(=O)c1ccc([N+](=O)[O-])cc1. The maximum absolute atomic E-state index is 12.0. The Morgan fingerprint density at radius 3 is 2.05 bits per heavy atom. The van der Waals surface area contributed by atoms with E-state index in [9.17, 15) is 20.0 Å². The molecule has 0 aliphatic carbocycles. The smallest absolute Gasteiger partial charge is 0.269 e. The van der Waals surface area contributed by atoms with Crippen LogP contribution in [0.25, 0.3) is 0 Å². The first-order valence-corrected chi connectivity index (χ1v) is 5.84. The highest BCUT2D eigenvalue weighted by molar-refractivity contribution is 5.94. The lowest BCUT2D eigenvalue weighted by Crippen LogP contribution is -2.57. The zero-order valence-corrected chi connectivity index (χ0v) is 11.4. The van der Waals surface area contributed by atoms with Crippen molar-refractivity contribution >= 4 is 11.6 Å². The van der Waals surface area contributed by atoms with Crippen molar-refractivity contribution < 1.29 is 14.8 Å². The van der Waals surface area contributed by atoms with Gasteiger partial charge in [0.2, 0.25) is 0 Å². The van der Waals surface area contributed by atoms with Gasteiger partial charge < -0.3 is 10.4 Å². The third-order valence-electron chi connectivity index (χ3n) is 3.30. The van der Waals surface area contributed by atoms with Gasteiger partial charge in [0.15, 0.2) is 0 Å². The van der Waals surface area contributed by atoms with E-state index in [1.807, 2.05) is 0 Å². The molecule has 1 amide bonds. The van der Waals surface area contributed by atoms with Gasteiger partial charge in [-0.3, -0.25) is 14.9 Å². The van der Waals surface area contributed by atoms with Crippen LogP contribution in [0.2, 0.25) is 0 Å². The molecule has 0 saturated heterocycles. The zero-order valence-electron chi connectivity index (χ0n) is 11.4. The fourth-order valence-corrected chi connectivity index (χ4v) is 1.24. The second-order valence-corrected chi connectivity index (χ2v) is 5.44. The average Bonchev–Trinajstić information content (AvgIpc) is 2.27. The lowest BCUT2D eigenvalue weighted by Gasteiger charge is -2.38. The summed E-state index contributed by atoms with van der Waals surface area (Å²) in [6.45, 7) is 6.61. The van der Waals surface area contributed by atoms with Crippen molar-refractivity contribution in [2.45, 2.75) is 38.8 Å². The van der Waals surface area contributed by atoms with Crippen LogP contribution >= 0.6 is 0 Å². The van der Waals surface area contributed by atoms with E-state index in [0.717, 1.165) is 0 Å². The van der Waals surface area contributed by atoms with Crippen LogP contribution < -0.4 is 5.32 Å². The number of amides is 1. The summed E-state index contributed by atoms with van der Waals surface area (Å²) in [6.07, 6.45) is 0. The van der Waals surface area contributed by atoms with E-state index < -0.39 is 16.1 Å². The molecule has 1 aromatic carbocycles. The number of benzene rings is 1. The second kappa shape index (κ2) is 4.97. The number of aliphatic hydroxyl groups is 1. The molecule has 6 nitrogen and oxygen atoms in total. The Labute approximate surface area is 111 Å². The Bertz CT molecular complexity index is 486. The molecule has 19 heavy (non-hydrogen) atoms. The molecule has 1 rings (SSSR count). The molecule has 0 aliphatic heterocycles. The highest BCUT2D eigenvalue weighted by Gasteiger charge is 2.36. The first-order valence-electron chi connectivity index (χ1n) is 5.84. The van der Waals surface area contributed by atoms with Crippen molar-refractivity contribution in [1.82, 2.24) is 5.32 Å². The van der Waals surface area contributed by atoms with Gasteiger partial charge in [-0.1, -0.05) is 0 Å². The molecular weight excluding hydrogens is 248 g/mol. The van der Waals surface area contributed by atoms with Crippen LogP contribution in [0.1, 0.15) is 38.1 Å². The van der Waals surface area contributed by atoms with Gasteiger partial charge in [-0.05, 0) is 39.8 Å². The highest BCUT2D eigenvalue weighted by atomic mass is 16.6. The molecule has 0 atom stereocenters. The van der Waals surface area contributed by atoms with Gasteiger partial charge in [-0.2, -0.15) is 0 Å². The van der Waals surface area contributed by atoms with Gasteiger partial charge >= 0.3 is 0 Å². The number of hydrogen-bond acceptors (Lipinski definition) is 4. The van der Waals surface area contributed by atoms with Crippen molar-refractivity contribution in [3.8, 4) is 0 Å². The summed E-state index contributed by atoms with van der Waals surface area (Å²) < 4.78 is 0. The van der Waals surface area contributed by atoms with E-state index in [4.69, 9.17) is 0 Å². The molecule has 2 N–H and O–H groups in total. The lowest BCUT2D eigenvalue weighted by atomic mass is 9.86. The number of nitro benzene ring substituents is 1. The predicted molar refractivity (Wildman–Crippen MR) is 70.9 cm³/mol. The molecule has 0 fully saturated rings. The second-order valence-electron chi connectivity index (χ2n) is 5.44. The number of carbonyl (C=O) groups is 1. The van der Waals surface area contributed by atoms with E-state index in [2.05, 4.69) is 5.32 Å². The minimum atomic E-state index is -1.09. The Morgan fingerprint density at radius 2 is 1.68 bits per heavy atom. The number of hydrogen-bond donors (Lipinski definition) is 2. The summed E-state index contributed by atoms with van der Waals surface area (Å²) >= 11 is 0. The number of non-ortho nitro benzene ring substituents is 1. The summed E-state index contributed by atoms with van der Waals surface area (Å²) in [7, 11) is 0. The van der Waals surface area contributed by atoms with Crippen LogP contribution in [-0.4, -0.2) is 27.1 Å². The molecule has 0 radical (unpaired) electrons. The Kier molecular flexibility index (Phi) is 3.95. The third-order valence-corrected chi connectivity index (χ3v) is 3.30. The molecule has 0 heterocycles. The van der Waals surface area contributed by atoms with Crippen molar-refractivity contribution in [1.29, 1.82) is 0 Å². The molecule has 0 saturated carbocycles. The summed E-state index contributed by atoms with van der Waals surface area (Å²) in [5, 5.41) is 23.2. The Hall–Kier alpha value is -1.95. The van der Waals surface area contributed by atoms with Crippen LogP contribution in [0.3, 0.4) is 0 Å². The molecule has 0 spiro atoms. The number of nitrogens with one attached hydrogen (secondary N) is 1. The standard InChI is InChI=1S/C13H18N2O4/c1-12(2,13(3,4)17)14-11(16)9-5-7-10(8-6-9)15(18)19/h5-8,17H,1-4H3,(H,14,16). The summed E-state index contributed by atoms with van der Waals surface area (Å²) in [4.78, 5) is 22.0. The van der Waals surface area contributed by atoms with E-state index in [-0.39, 0.29) is 11.6 Å². The maximum atomic E-state index is 12.0. The van der Waals surface area contributed by atoms with Crippen LogP contribution in [0.15, 0.2) is 24.3 Å². The largest absolute Gasteiger partial charge is 0.388 e. The quantitative estimate of drug-likeness (QED) is 0.642. The third kappa shape index (κ3) is 3.51. The van der Waals surface area contributed by atoms with Crippen LogP contribution in [-0.2, 0) is 0 Å². The minimum Gasteiger partial charge on any atom is -0.388 e. The van der Waals surface area contributed by atoms with Crippen LogP contribution in [0.4, 0.5) is 5.69 Å². The van der Waals surface area contributed by atoms with Crippen molar-refractivity contribution in [2.75, 3.05) is 0 Å². The van der Waals surface area contributed by atoms with E-state index in [1.54, 1.807) is 27.7 Å². The van der Waals surface area contributed by atoms with Crippen molar-refractivity contribution in [3.63, 3.8) is 0 Å². The van der Waals surface area contributed by atoms with E-state index >= 15 is 0 Å². The molecule has 6 heteroatoms. The van der Waals surface area contributed by atoms with Gasteiger partial charge in [0.25, 0.3) is 11.6 Å². The Morgan fingerprint density at radius 1 is 1.21 bits per heavy atom. The van der Waals surface area contributed by atoms with Gasteiger partial charge in [0.1, 0.15) is 0 Å². The number of carbonyl (C=O) groups excluding carboxylic acids is 1. The van der Waals surface area contributed by atoms with Crippen molar-refractivity contribution in [2.24, 2.45) is 0 Å². The van der Waals surface area contributed by atoms with Gasteiger partial charge in [-0.15, -0.1) is 0 Å². The molecule has 1 aromatic rings. The van der Waals surface area contributed by atoms with Crippen LogP contribution in [0.5, 0.6) is 0 Å². The highest BCUT2D eigenvalue weighted by Crippen LogP contribution is 2.21. The normalized spacial score (nSPS) is 12.1. The molecule has 104 valence electrons. The molecule has 0 aliphatic rings. The van der Waals surface area contributed by atoms with E-state index in [1.165, 1.54) is 24.3 Å². The first kappa shape index (κ1) is 15.1. The number of nitrogens with zero attached hydrogens (tertiary/aromatic N) is 1. The predicted octanol–water partition coefficient (Wildman–Crippen LogP) is 1.87. The topological polar surface area (TPSA) is 92.5 Å². The molecular formula is C13H18N2O4. The number of nitro groups is 1. The Balaban J connectivity index is 2.88. The maximum Gasteiger partial charge on any atom is 0.269 e. The van der Waals surface area contributed by atoms with Gasteiger partial charge in [-0.25, -0.2) is 0 Å². The monoisotopic (exact) mass is 266 g/mol. The number of rotatable bonds is 4. The minimum absolute atomic E-state index is 0.0710. The van der Waals surface area contributed by atoms with Crippen LogP contribution in [0, 0.1) is 10.1 Å². The van der Waals surface area contributed by atoms with Gasteiger partial charge in [0, 0.05) is 17.7 Å². The average molecular weight is 266 g/mol. The first-order chi connectivity index (χ1) is 8.54. The molecule has 0 unspecified atom stereocenters. The summed E-state index contributed by atoms with van der Waals surface area (Å²) in [5.41, 5.74) is -1.68. The van der Waals surface area contributed by atoms with E-state index in [0.29, 0.717) is 5.56 Å². The summed E-state index contributed by atoms with van der Waals surface area (Å²) in [6, 6.07) is 5.31. The lowest BCUT2D eigenvalue weighted by molar-refractivity contribution is -0.384. The van der Waals surface area contributed by atoms with Gasteiger partial charge in [0.05, 0.1) is 16.1 Å². The summed E-state index contributed by atoms with van der Waals surface area (Å²) in [5.74, 6) is -0.387.